The number of pyridine rings is 1. The maximum atomic E-state index is 11.9. The first-order valence-corrected chi connectivity index (χ1v) is 6.17. The molecule has 2 aromatic carbocycles. The minimum absolute atomic E-state index is 0.185. The summed E-state index contributed by atoms with van der Waals surface area (Å²) in [4.78, 5) is 25.9. The van der Waals surface area contributed by atoms with E-state index in [-0.39, 0.29) is 5.56 Å². The molecule has 0 fully saturated rings. The number of hydrogen-bond donors (Lipinski definition) is 2. The topological polar surface area (TPSA) is 76.0 Å². The number of aromatic nitrogens is 1. The summed E-state index contributed by atoms with van der Waals surface area (Å²) in [6.07, 6.45) is 1.66. The average molecular weight is 264 g/mol. The zero-order valence-corrected chi connectivity index (χ0v) is 10.6. The first-order valence-electron chi connectivity index (χ1n) is 6.17. The molecule has 1 amide bonds. The highest BCUT2D eigenvalue weighted by atomic mass is 16.1. The molecule has 0 atom stereocenters. The molecule has 3 N–H and O–H groups in total. The van der Waals surface area contributed by atoms with E-state index < -0.39 is 5.91 Å². The van der Waals surface area contributed by atoms with Crippen LogP contribution in [0.4, 0.5) is 0 Å². The number of primary amides is 1. The van der Waals surface area contributed by atoms with Crippen LogP contribution >= 0.6 is 0 Å². The van der Waals surface area contributed by atoms with Gasteiger partial charge in [0.05, 0.1) is 0 Å². The number of aromatic amines is 1. The monoisotopic (exact) mass is 264 g/mol. The third kappa shape index (κ3) is 1.97. The SMILES string of the molecule is NC(=O)c1ccc2c(=O)[nH]cc(-c3ccccc3)c2c1. The molecular weight excluding hydrogens is 252 g/mol. The third-order valence-electron chi connectivity index (χ3n) is 3.27. The number of carbonyl (C=O) groups excluding carboxylic acids is 1. The highest BCUT2D eigenvalue weighted by Crippen LogP contribution is 2.26. The van der Waals surface area contributed by atoms with E-state index in [2.05, 4.69) is 4.98 Å². The van der Waals surface area contributed by atoms with Gasteiger partial charge in [0.2, 0.25) is 5.91 Å². The number of nitrogens with one attached hydrogen (secondary N) is 1. The van der Waals surface area contributed by atoms with Gasteiger partial charge in [0, 0.05) is 22.7 Å². The van der Waals surface area contributed by atoms with Crippen LogP contribution in [0, 0.1) is 0 Å². The van der Waals surface area contributed by atoms with Crippen LogP contribution in [0.5, 0.6) is 0 Å². The van der Waals surface area contributed by atoms with Crippen molar-refractivity contribution in [1.29, 1.82) is 0 Å². The zero-order chi connectivity index (χ0) is 14.1. The first-order chi connectivity index (χ1) is 9.66. The number of nitrogens with two attached hydrogens (primary N) is 1. The second-order valence-corrected chi connectivity index (χ2v) is 4.52. The van der Waals surface area contributed by atoms with Crippen molar-refractivity contribution in [3.63, 3.8) is 0 Å². The molecule has 0 aliphatic carbocycles. The largest absolute Gasteiger partial charge is 0.366 e. The van der Waals surface area contributed by atoms with Crippen molar-refractivity contribution < 1.29 is 4.79 Å². The number of H-pyrrole nitrogens is 1. The summed E-state index contributed by atoms with van der Waals surface area (Å²) in [6.45, 7) is 0. The molecule has 4 heteroatoms. The number of carbonyl (C=O) groups is 1. The lowest BCUT2D eigenvalue weighted by molar-refractivity contribution is 0.100. The molecule has 0 spiro atoms. The van der Waals surface area contributed by atoms with Crippen LogP contribution in [-0.4, -0.2) is 10.9 Å². The molecule has 0 aliphatic rings. The van der Waals surface area contributed by atoms with Crippen molar-refractivity contribution in [2.45, 2.75) is 0 Å². The summed E-state index contributed by atoms with van der Waals surface area (Å²) in [5.74, 6) is -0.508. The molecule has 0 saturated carbocycles. The van der Waals surface area contributed by atoms with E-state index in [0.29, 0.717) is 10.9 Å². The van der Waals surface area contributed by atoms with E-state index in [9.17, 15) is 9.59 Å². The predicted molar refractivity (Wildman–Crippen MR) is 78.5 cm³/mol. The quantitative estimate of drug-likeness (QED) is 0.745. The van der Waals surface area contributed by atoms with Gasteiger partial charge in [0.15, 0.2) is 0 Å². The van der Waals surface area contributed by atoms with Gasteiger partial charge in [-0.05, 0) is 29.1 Å². The number of rotatable bonds is 2. The van der Waals surface area contributed by atoms with Crippen LogP contribution in [0.1, 0.15) is 10.4 Å². The molecule has 4 nitrogen and oxygen atoms in total. The molecule has 20 heavy (non-hydrogen) atoms. The molecule has 0 aliphatic heterocycles. The van der Waals surface area contributed by atoms with Crippen molar-refractivity contribution in [1.82, 2.24) is 4.98 Å². The average Bonchev–Trinajstić information content (AvgIpc) is 2.48. The Morgan fingerprint density at radius 3 is 2.45 bits per heavy atom. The number of benzene rings is 2. The number of hydrogen-bond acceptors (Lipinski definition) is 2. The summed E-state index contributed by atoms with van der Waals surface area (Å²) >= 11 is 0. The molecule has 0 bridgehead atoms. The van der Waals surface area contributed by atoms with Gasteiger partial charge >= 0.3 is 0 Å². The van der Waals surface area contributed by atoms with E-state index in [4.69, 9.17) is 5.73 Å². The molecular formula is C16H12N2O2. The third-order valence-corrected chi connectivity index (χ3v) is 3.27. The fraction of sp³-hybridized carbons (Fsp3) is 0. The predicted octanol–water partition coefficient (Wildman–Crippen LogP) is 2.29. The standard InChI is InChI=1S/C16H12N2O2/c17-15(19)11-6-7-12-13(8-11)14(9-18-16(12)20)10-4-2-1-3-5-10/h1-9H,(H2,17,19)(H,18,20). The fourth-order valence-electron chi connectivity index (χ4n) is 2.27. The van der Waals surface area contributed by atoms with Gasteiger partial charge < -0.3 is 10.7 Å². The van der Waals surface area contributed by atoms with Gasteiger partial charge in [-0.3, -0.25) is 9.59 Å². The molecule has 0 radical (unpaired) electrons. The molecule has 0 saturated heterocycles. The lowest BCUT2D eigenvalue weighted by Gasteiger charge is -2.07. The van der Waals surface area contributed by atoms with Crippen molar-refractivity contribution in [3.8, 4) is 11.1 Å². The highest BCUT2D eigenvalue weighted by molar-refractivity contribution is 6.02. The second kappa shape index (κ2) is 4.66. The smallest absolute Gasteiger partial charge is 0.255 e. The Labute approximate surface area is 114 Å². The van der Waals surface area contributed by atoms with Crippen LogP contribution in [-0.2, 0) is 0 Å². The maximum Gasteiger partial charge on any atom is 0.255 e. The Hall–Kier alpha value is -2.88. The number of amides is 1. The Morgan fingerprint density at radius 1 is 1.00 bits per heavy atom. The normalized spacial score (nSPS) is 10.6. The Balaban J connectivity index is 2.38. The van der Waals surface area contributed by atoms with Crippen molar-refractivity contribution in [3.05, 3.63) is 70.6 Å². The van der Waals surface area contributed by atoms with E-state index in [0.717, 1.165) is 16.5 Å². The van der Waals surface area contributed by atoms with Gasteiger partial charge in [-0.15, -0.1) is 0 Å². The van der Waals surface area contributed by atoms with Crippen molar-refractivity contribution >= 4 is 16.7 Å². The zero-order valence-electron chi connectivity index (χ0n) is 10.6. The van der Waals surface area contributed by atoms with Gasteiger partial charge in [0.25, 0.3) is 5.56 Å². The molecule has 1 aromatic heterocycles. The fourth-order valence-corrected chi connectivity index (χ4v) is 2.27. The maximum absolute atomic E-state index is 11.9. The Morgan fingerprint density at radius 2 is 1.75 bits per heavy atom. The molecule has 3 aromatic rings. The lowest BCUT2D eigenvalue weighted by Crippen LogP contribution is -2.12. The van der Waals surface area contributed by atoms with Gasteiger partial charge in [0.1, 0.15) is 0 Å². The van der Waals surface area contributed by atoms with E-state index in [1.807, 2.05) is 30.3 Å². The number of fused-ring (bicyclic) bond motifs is 1. The Bertz CT molecular complexity index is 851. The van der Waals surface area contributed by atoms with Crippen molar-refractivity contribution in [2.75, 3.05) is 0 Å². The summed E-state index contributed by atoms with van der Waals surface area (Å²) in [6, 6.07) is 14.5. The Kier molecular flexibility index (Phi) is 2.84. The molecule has 0 unspecified atom stereocenters. The van der Waals surface area contributed by atoms with Gasteiger partial charge in [-0.25, -0.2) is 0 Å². The minimum Gasteiger partial charge on any atom is -0.366 e. The van der Waals surface area contributed by atoms with Gasteiger partial charge in [-0.2, -0.15) is 0 Å². The second-order valence-electron chi connectivity index (χ2n) is 4.52. The van der Waals surface area contributed by atoms with E-state index >= 15 is 0 Å². The van der Waals surface area contributed by atoms with Gasteiger partial charge in [-0.1, -0.05) is 30.3 Å². The van der Waals surface area contributed by atoms with Crippen molar-refractivity contribution in [2.24, 2.45) is 5.73 Å². The van der Waals surface area contributed by atoms with Crippen LogP contribution < -0.4 is 11.3 Å². The van der Waals surface area contributed by atoms with E-state index in [1.165, 1.54) is 0 Å². The molecule has 3 rings (SSSR count). The first kappa shape index (κ1) is 12.2. The minimum atomic E-state index is -0.508. The summed E-state index contributed by atoms with van der Waals surface area (Å²) in [7, 11) is 0. The summed E-state index contributed by atoms with van der Waals surface area (Å²) in [5.41, 5.74) is 7.34. The van der Waals surface area contributed by atoms with Crippen LogP contribution in [0.2, 0.25) is 0 Å². The van der Waals surface area contributed by atoms with E-state index in [1.54, 1.807) is 24.4 Å². The highest BCUT2D eigenvalue weighted by Gasteiger charge is 2.09. The van der Waals surface area contributed by atoms with Crippen LogP contribution in [0.3, 0.4) is 0 Å². The molecule has 1 heterocycles. The summed E-state index contributed by atoms with van der Waals surface area (Å²) < 4.78 is 0. The van der Waals surface area contributed by atoms with Crippen LogP contribution in [0.15, 0.2) is 59.5 Å². The lowest BCUT2D eigenvalue weighted by atomic mass is 9.99. The van der Waals surface area contributed by atoms with Crippen LogP contribution in [0.25, 0.3) is 21.9 Å². The molecule has 98 valence electrons. The summed E-state index contributed by atoms with van der Waals surface area (Å²) in [5, 5.41) is 1.26.